The molecule has 0 saturated heterocycles. The van der Waals surface area contributed by atoms with Gasteiger partial charge in [-0.2, -0.15) is 0 Å². The van der Waals surface area contributed by atoms with E-state index < -0.39 is 5.97 Å². The molecule has 3 aromatic rings. The zero-order chi connectivity index (χ0) is 18.7. The van der Waals surface area contributed by atoms with Crippen LogP contribution in [0.3, 0.4) is 0 Å². The number of benzene rings is 2. The average Bonchev–Trinajstić information content (AvgIpc) is 2.95. The van der Waals surface area contributed by atoms with Crippen molar-refractivity contribution in [2.24, 2.45) is 4.99 Å². The van der Waals surface area contributed by atoms with E-state index in [-0.39, 0.29) is 5.56 Å². The number of hydrogen-bond acceptors (Lipinski definition) is 4. The SMILES string of the molecule is Cc1ccc(Sc2oc(C=Nc3cc(C(=O)O)ccc3C)cc2Br)cc1. The van der Waals surface area contributed by atoms with E-state index in [4.69, 9.17) is 9.52 Å². The zero-order valence-electron chi connectivity index (χ0n) is 14.2. The normalized spacial score (nSPS) is 11.2. The number of carboxylic acid groups (broad SMARTS) is 1. The first-order valence-corrected chi connectivity index (χ1v) is 9.45. The van der Waals surface area contributed by atoms with Gasteiger partial charge in [0.15, 0.2) is 5.09 Å². The summed E-state index contributed by atoms with van der Waals surface area (Å²) in [6.45, 7) is 3.93. The fraction of sp³-hybridized carbons (Fsp3) is 0.100. The first kappa shape index (κ1) is 18.5. The molecule has 1 heterocycles. The van der Waals surface area contributed by atoms with Crippen molar-refractivity contribution in [1.82, 2.24) is 0 Å². The molecule has 0 aliphatic rings. The summed E-state index contributed by atoms with van der Waals surface area (Å²) in [7, 11) is 0. The predicted molar refractivity (Wildman–Crippen MR) is 107 cm³/mol. The van der Waals surface area contributed by atoms with Crippen molar-refractivity contribution >= 4 is 45.6 Å². The molecular formula is C20H16BrNO3S. The third kappa shape index (κ3) is 4.45. The number of furan rings is 1. The third-order valence-corrected chi connectivity index (χ3v) is 5.54. The van der Waals surface area contributed by atoms with Gasteiger partial charge in [-0.05, 0) is 59.6 Å². The van der Waals surface area contributed by atoms with Gasteiger partial charge in [0.05, 0.1) is 21.9 Å². The Hall–Kier alpha value is -2.31. The van der Waals surface area contributed by atoms with E-state index in [9.17, 15) is 4.79 Å². The minimum Gasteiger partial charge on any atom is -0.478 e. The molecule has 0 aliphatic heterocycles. The molecule has 0 atom stereocenters. The number of aliphatic imine (C=N–C) groups is 1. The Bertz CT molecular complexity index is 977. The molecule has 0 unspecified atom stereocenters. The lowest BCUT2D eigenvalue weighted by molar-refractivity contribution is 0.0697. The number of carbonyl (C=O) groups is 1. The molecule has 6 heteroatoms. The van der Waals surface area contributed by atoms with Crippen LogP contribution < -0.4 is 0 Å². The lowest BCUT2D eigenvalue weighted by Crippen LogP contribution is -1.95. The van der Waals surface area contributed by atoms with Crippen molar-refractivity contribution in [2.45, 2.75) is 23.8 Å². The van der Waals surface area contributed by atoms with E-state index >= 15 is 0 Å². The molecule has 0 aliphatic carbocycles. The first-order chi connectivity index (χ1) is 12.4. The van der Waals surface area contributed by atoms with Gasteiger partial charge in [0.2, 0.25) is 0 Å². The largest absolute Gasteiger partial charge is 0.478 e. The smallest absolute Gasteiger partial charge is 0.335 e. The van der Waals surface area contributed by atoms with E-state index in [2.05, 4.69) is 33.1 Å². The molecule has 26 heavy (non-hydrogen) atoms. The Morgan fingerprint density at radius 3 is 2.58 bits per heavy atom. The van der Waals surface area contributed by atoms with Crippen LogP contribution in [-0.4, -0.2) is 17.3 Å². The maximum absolute atomic E-state index is 11.1. The van der Waals surface area contributed by atoms with Crippen molar-refractivity contribution in [3.8, 4) is 0 Å². The van der Waals surface area contributed by atoms with Crippen molar-refractivity contribution in [1.29, 1.82) is 0 Å². The second-order valence-electron chi connectivity index (χ2n) is 5.76. The number of rotatable bonds is 5. The van der Waals surface area contributed by atoms with E-state index in [1.165, 1.54) is 17.3 Å². The summed E-state index contributed by atoms with van der Waals surface area (Å²) >= 11 is 5.03. The summed E-state index contributed by atoms with van der Waals surface area (Å²) < 4.78 is 6.69. The fourth-order valence-corrected chi connectivity index (χ4v) is 3.56. The van der Waals surface area contributed by atoms with Crippen LogP contribution in [-0.2, 0) is 0 Å². The van der Waals surface area contributed by atoms with Gasteiger partial charge < -0.3 is 9.52 Å². The van der Waals surface area contributed by atoms with Crippen LogP contribution in [0.5, 0.6) is 0 Å². The maximum atomic E-state index is 11.1. The fourth-order valence-electron chi connectivity index (χ4n) is 2.23. The topological polar surface area (TPSA) is 62.8 Å². The van der Waals surface area contributed by atoms with Crippen molar-refractivity contribution in [2.75, 3.05) is 0 Å². The van der Waals surface area contributed by atoms with Gasteiger partial charge in [-0.15, -0.1) is 0 Å². The highest BCUT2D eigenvalue weighted by atomic mass is 79.9. The van der Waals surface area contributed by atoms with E-state index in [0.717, 1.165) is 20.0 Å². The van der Waals surface area contributed by atoms with Crippen molar-refractivity contribution < 1.29 is 14.3 Å². The van der Waals surface area contributed by atoms with Crippen LogP contribution in [0.4, 0.5) is 5.69 Å². The standard InChI is InChI=1S/C20H16BrNO3S/c1-12-3-7-16(8-4-12)26-20-17(21)10-15(25-20)11-22-18-9-14(19(23)24)6-5-13(18)2/h3-11H,1-2H3,(H,23,24). The second-order valence-corrected chi connectivity index (χ2v) is 7.66. The highest BCUT2D eigenvalue weighted by molar-refractivity contribution is 9.10. The van der Waals surface area contributed by atoms with Crippen molar-refractivity contribution in [3.05, 3.63) is 75.5 Å². The molecule has 4 nitrogen and oxygen atoms in total. The van der Waals surface area contributed by atoms with Crippen molar-refractivity contribution in [3.63, 3.8) is 0 Å². The third-order valence-electron chi connectivity index (χ3n) is 3.69. The van der Waals surface area contributed by atoms with Gasteiger partial charge in [0, 0.05) is 11.0 Å². The molecule has 0 spiro atoms. The van der Waals surface area contributed by atoms with Crippen LogP contribution in [0.15, 0.2) is 72.4 Å². The molecule has 1 N–H and O–H groups in total. The molecule has 0 amide bonds. The number of aromatic carboxylic acids is 1. The molecule has 2 aromatic carbocycles. The summed E-state index contributed by atoms with van der Waals surface area (Å²) in [5, 5.41) is 9.85. The predicted octanol–water partition coefficient (Wildman–Crippen LogP) is 6.26. The minimum atomic E-state index is -0.973. The lowest BCUT2D eigenvalue weighted by Gasteiger charge is -2.01. The summed E-state index contributed by atoms with van der Waals surface area (Å²) in [6.07, 6.45) is 1.60. The van der Waals surface area contributed by atoms with Gasteiger partial charge in [-0.25, -0.2) is 4.79 Å². The monoisotopic (exact) mass is 429 g/mol. The second kappa shape index (κ2) is 7.93. The van der Waals surface area contributed by atoms with Crippen LogP contribution >= 0.6 is 27.7 Å². The highest BCUT2D eigenvalue weighted by Gasteiger charge is 2.10. The quantitative estimate of drug-likeness (QED) is 0.486. The Morgan fingerprint density at radius 1 is 1.15 bits per heavy atom. The van der Waals surface area contributed by atoms with Gasteiger partial charge in [-0.3, -0.25) is 4.99 Å². The Kier molecular flexibility index (Phi) is 5.64. The van der Waals surface area contributed by atoms with Crippen LogP contribution in [0.1, 0.15) is 27.2 Å². The Balaban J connectivity index is 1.81. The van der Waals surface area contributed by atoms with Gasteiger partial charge in [0.25, 0.3) is 0 Å². The first-order valence-electron chi connectivity index (χ1n) is 7.84. The molecule has 0 bridgehead atoms. The Labute approximate surface area is 164 Å². The number of halogens is 1. The maximum Gasteiger partial charge on any atom is 0.335 e. The summed E-state index contributed by atoms with van der Waals surface area (Å²) in [6, 6.07) is 14.9. The Morgan fingerprint density at radius 2 is 1.88 bits per heavy atom. The van der Waals surface area contributed by atoms with Crippen LogP contribution in [0.2, 0.25) is 0 Å². The number of hydrogen-bond donors (Lipinski definition) is 1. The average molecular weight is 430 g/mol. The minimum absolute atomic E-state index is 0.207. The summed E-state index contributed by atoms with van der Waals surface area (Å²) in [5.74, 6) is -0.384. The summed E-state index contributed by atoms with van der Waals surface area (Å²) in [4.78, 5) is 16.6. The number of carboxylic acids is 1. The van der Waals surface area contributed by atoms with Crippen LogP contribution in [0, 0.1) is 13.8 Å². The molecule has 132 valence electrons. The summed E-state index contributed by atoms with van der Waals surface area (Å²) in [5.41, 5.74) is 2.91. The van der Waals surface area contributed by atoms with Gasteiger partial charge in [0.1, 0.15) is 5.76 Å². The van der Waals surface area contributed by atoms with Gasteiger partial charge >= 0.3 is 5.97 Å². The number of aryl methyl sites for hydroxylation is 2. The molecule has 0 saturated carbocycles. The molecule has 0 fully saturated rings. The molecule has 0 radical (unpaired) electrons. The molecule has 1 aromatic heterocycles. The number of nitrogens with zero attached hydrogens (tertiary/aromatic N) is 1. The van der Waals surface area contributed by atoms with E-state index in [1.54, 1.807) is 24.4 Å². The molecular weight excluding hydrogens is 414 g/mol. The van der Waals surface area contributed by atoms with E-state index in [1.807, 2.05) is 32.0 Å². The lowest BCUT2D eigenvalue weighted by atomic mass is 10.1. The van der Waals surface area contributed by atoms with E-state index in [0.29, 0.717) is 11.4 Å². The molecule has 3 rings (SSSR count). The highest BCUT2D eigenvalue weighted by Crippen LogP contribution is 2.35. The van der Waals surface area contributed by atoms with Gasteiger partial charge in [-0.1, -0.05) is 35.5 Å². The zero-order valence-corrected chi connectivity index (χ0v) is 16.6. The van der Waals surface area contributed by atoms with Crippen LogP contribution in [0.25, 0.3) is 0 Å².